The third-order valence-corrected chi connectivity index (χ3v) is 4.17. The van der Waals surface area contributed by atoms with E-state index < -0.39 is 0 Å². The topological polar surface area (TPSA) is 61.0 Å². The third-order valence-electron chi connectivity index (χ3n) is 3.17. The Hall–Kier alpha value is -0.630. The summed E-state index contributed by atoms with van der Waals surface area (Å²) >= 11 is 2.03. The highest BCUT2D eigenvalue weighted by Gasteiger charge is 2.19. The molecule has 1 aromatic rings. The normalized spacial score (nSPS) is 18.2. The summed E-state index contributed by atoms with van der Waals surface area (Å²) in [6.07, 6.45) is 3.67. The molecule has 0 amide bonds. The number of H-pyrrole nitrogens is 1. The van der Waals surface area contributed by atoms with Crippen LogP contribution in [0.4, 0.5) is 5.82 Å². The molecule has 17 heavy (non-hydrogen) atoms. The molecule has 0 bridgehead atoms. The number of hydrogen-bond donors (Lipinski definition) is 2. The standard InChI is InChI=1S/C11H17IN4O/c1-2-16-5-3-8(4-6-16)15-10-9(12)11(17)14-7-13-10/h7-8H,2-6H2,1H3,(H2,13,14,15,17). The first-order valence-electron chi connectivity index (χ1n) is 5.92. The minimum Gasteiger partial charge on any atom is -0.366 e. The molecule has 2 rings (SSSR count). The molecule has 1 aliphatic heterocycles. The number of rotatable bonds is 3. The summed E-state index contributed by atoms with van der Waals surface area (Å²) in [7, 11) is 0. The summed E-state index contributed by atoms with van der Waals surface area (Å²) in [6, 6.07) is 0.431. The molecule has 5 nitrogen and oxygen atoms in total. The molecule has 6 heteroatoms. The van der Waals surface area contributed by atoms with Crippen LogP contribution in [0.5, 0.6) is 0 Å². The van der Waals surface area contributed by atoms with Gasteiger partial charge in [0.1, 0.15) is 9.39 Å². The van der Waals surface area contributed by atoms with E-state index in [4.69, 9.17) is 0 Å². The van der Waals surface area contributed by atoms with Crippen molar-refractivity contribution in [2.45, 2.75) is 25.8 Å². The second kappa shape index (κ2) is 5.81. The van der Waals surface area contributed by atoms with Crippen LogP contribution in [0.15, 0.2) is 11.1 Å². The Morgan fingerprint density at radius 2 is 2.29 bits per heavy atom. The first kappa shape index (κ1) is 12.8. The van der Waals surface area contributed by atoms with Crippen molar-refractivity contribution in [1.29, 1.82) is 0 Å². The Bertz CT molecular complexity index is 426. The van der Waals surface area contributed by atoms with E-state index >= 15 is 0 Å². The largest absolute Gasteiger partial charge is 0.366 e. The molecule has 0 radical (unpaired) electrons. The minimum atomic E-state index is -0.0749. The predicted octanol–water partition coefficient (Wildman–Crippen LogP) is 1.27. The van der Waals surface area contributed by atoms with Crippen LogP contribution in [0.25, 0.3) is 0 Å². The quantitative estimate of drug-likeness (QED) is 0.808. The minimum absolute atomic E-state index is 0.0749. The van der Waals surface area contributed by atoms with Crippen molar-refractivity contribution in [3.8, 4) is 0 Å². The van der Waals surface area contributed by atoms with Gasteiger partial charge in [0.25, 0.3) is 5.56 Å². The maximum Gasteiger partial charge on any atom is 0.266 e. The maximum atomic E-state index is 11.4. The highest BCUT2D eigenvalue weighted by molar-refractivity contribution is 14.1. The van der Waals surface area contributed by atoms with Crippen LogP contribution in [0.2, 0.25) is 0 Å². The van der Waals surface area contributed by atoms with Crippen LogP contribution in [0.1, 0.15) is 19.8 Å². The summed E-state index contributed by atoms with van der Waals surface area (Å²) in [6.45, 7) is 5.55. The molecular formula is C11H17IN4O. The second-order valence-electron chi connectivity index (χ2n) is 4.25. The highest BCUT2D eigenvalue weighted by Crippen LogP contribution is 2.16. The third kappa shape index (κ3) is 3.19. The van der Waals surface area contributed by atoms with Crippen LogP contribution >= 0.6 is 22.6 Å². The fourth-order valence-corrected chi connectivity index (χ4v) is 2.52. The smallest absolute Gasteiger partial charge is 0.266 e. The van der Waals surface area contributed by atoms with E-state index in [0.29, 0.717) is 15.4 Å². The SMILES string of the molecule is CCN1CCC(Nc2nc[nH]c(=O)c2I)CC1. The van der Waals surface area contributed by atoms with E-state index in [1.807, 2.05) is 22.6 Å². The zero-order valence-corrected chi connectivity index (χ0v) is 12.0. The van der Waals surface area contributed by atoms with Crippen molar-refractivity contribution in [3.63, 3.8) is 0 Å². The molecule has 94 valence electrons. The van der Waals surface area contributed by atoms with E-state index in [0.717, 1.165) is 32.5 Å². The van der Waals surface area contributed by atoms with Crippen molar-refractivity contribution >= 4 is 28.4 Å². The van der Waals surface area contributed by atoms with Gasteiger partial charge in [-0.05, 0) is 42.0 Å². The van der Waals surface area contributed by atoms with Crippen LogP contribution < -0.4 is 10.9 Å². The van der Waals surface area contributed by atoms with E-state index in [2.05, 4.69) is 27.1 Å². The fourth-order valence-electron chi connectivity index (χ4n) is 2.07. The van der Waals surface area contributed by atoms with Gasteiger partial charge < -0.3 is 15.2 Å². The van der Waals surface area contributed by atoms with Crippen molar-refractivity contribution in [1.82, 2.24) is 14.9 Å². The molecule has 0 atom stereocenters. The monoisotopic (exact) mass is 348 g/mol. The molecule has 1 fully saturated rings. The molecule has 0 unspecified atom stereocenters. The van der Waals surface area contributed by atoms with Crippen LogP contribution in [-0.4, -0.2) is 40.5 Å². The number of halogens is 1. The molecule has 0 spiro atoms. The van der Waals surface area contributed by atoms with Gasteiger partial charge in [-0.3, -0.25) is 4.79 Å². The number of aromatic nitrogens is 2. The number of hydrogen-bond acceptors (Lipinski definition) is 4. The summed E-state index contributed by atoms with van der Waals surface area (Å²) in [5.41, 5.74) is -0.0749. The van der Waals surface area contributed by atoms with Crippen molar-refractivity contribution < 1.29 is 0 Å². The Balaban J connectivity index is 1.98. The maximum absolute atomic E-state index is 11.4. The Morgan fingerprint density at radius 1 is 1.59 bits per heavy atom. The number of aromatic amines is 1. The molecule has 1 aliphatic rings. The molecule has 2 heterocycles. The Labute approximate surface area is 114 Å². The van der Waals surface area contributed by atoms with E-state index in [1.165, 1.54) is 6.33 Å². The average Bonchev–Trinajstić information content (AvgIpc) is 2.36. The van der Waals surface area contributed by atoms with Crippen LogP contribution in [0.3, 0.4) is 0 Å². The summed E-state index contributed by atoms with van der Waals surface area (Å²) in [5, 5.41) is 3.37. The lowest BCUT2D eigenvalue weighted by Gasteiger charge is -2.31. The van der Waals surface area contributed by atoms with E-state index in [1.54, 1.807) is 0 Å². The summed E-state index contributed by atoms with van der Waals surface area (Å²) < 4.78 is 0.642. The molecular weight excluding hydrogens is 331 g/mol. The lowest BCUT2D eigenvalue weighted by molar-refractivity contribution is 0.229. The first-order valence-corrected chi connectivity index (χ1v) is 7.00. The fraction of sp³-hybridized carbons (Fsp3) is 0.636. The molecule has 2 N–H and O–H groups in total. The number of nitrogens with one attached hydrogen (secondary N) is 2. The molecule has 0 aromatic carbocycles. The molecule has 0 saturated carbocycles. The Kier molecular flexibility index (Phi) is 4.38. The van der Waals surface area contributed by atoms with Crippen molar-refractivity contribution in [2.24, 2.45) is 0 Å². The highest BCUT2D eigenvalue weighted by atomic mass is 127. The van der Waals surface area contributed by atoms with Gasteiger partial charge in [0, 0.05) is 19.1 Å². The second-order valence-corrected chi connectivity index (χ2v) is 5.33. The number of piperidine rings is 1. The van der Waals surface area contributed by atoms with Gasteiger partial charge in [-0.15, -0.1) is 0 Å². The Morgan fingerprint density at radius 3 is 2.94 bits per heavy atom. The molecule has 1 aromatic heterocycles. The van der Waals surface area contributed by atoms with Gasteiger partial charge >= 0.3 is 0 Å². The van der Waals surface area contributed by atoms with Gasteiger partial charge in [-0.25, -0.2) is 4.98 Å². The van der Waals surface area contributed by atoms with Crippen molar-refractivity contribution in [3.05, 3.63) is 20.3 Å². The zero-order chi connectivity index (χ0) is 12.3. The van der Waals surface area contributed by atoms with Gasteiger partial charge in [-0.2, -0.15) is 0 Å². The van der Waals surface area contributed by atoms with Crippen molar-refractivity contribution in [2.75, 3.05) is 25.0 Å². The lowest BCUT2D eigenvalue weighted by atomic mass is 10.1. The molecule has 1 saturated heterocycles. The number of anilines is 1. The van der Waals surface area contributed by atoms with Gasteiger partial charge in [0.15, 0.2) is 0 Å². The van der Waals surface area contributed by atoms with Crippen LogP contribution in [0, 0.1) is 3.57 Å². The zero-order valence-electron chi connectivity index (χ0n) is 9.87. The average molecular weight is 348 g/mol. The van der Waals surface area contributed by atoms with Crippen LogP contribution in [-0.2, 0) is 0 Å². The van der Waals surface area contributed by atoms with Gasteiger partial charge in [-0.1, -0.05) is 6.92 Å². The summed E-state index contributed by atoms with van der Waals surface area (Å²) in [4.78, 5) is 20.6. The lowest BCUT2D eigenvalue weighted by Crippen LogP contribution is -2.39. The van der Waals surface area contributed by atoms with Gasteiger partial charge in [0.05, 0.1) is 6.33 Å². The summed E-state index contributed by atoms with van der Waals surface area (Å²) in [5.74, 6) is 0.712. The number of likely N-dealkylation sites (tertiary alicyclic amines) is 1. The molecule has 0 aliphatic carbocycles. The van der Waals surface area contributed by atoms with Gasteiger partial charge in [0.2, 0.25) is 0 Å². The van der Waals surface area contributed by atoms with E-state index in [-0.39, 0.29) is 5.56 Å². The number of nitrogens with zero attached hydrogens (tertiary/aromatic N) is 2. The first-order chi connectivity index (χ1) is 8.20. The van der Waals surface area contributed by atoms with E-state index in [9.17, 15) is 4.79 Å². The predicted molar refractivity (Wildman–Crippen MR) is 76.3 cm³/mol.